The second-order valence-electron chi connectivity index (χ2n) is 7.61. The van der Waals surface area contributed by atoms with Crippen LogP contribution in [-0.4, -0.2) is 39.4 Å². The molecule has 5 nitrogen and oxygen atoms in total. The van der Waals surface area contributed by atoms with Crippen LogP contribution in [0.1, 0.15) is 34.7 Å². The molecule has 1 aromatic carbocycles. The Kier molecular flexibility index (Phi) is 7.02. The fraction of sp³-hybridized carbons (Fsp3) is 0.455. The lowest BCUT2D eigenvalue weighted by Crippen LogP contribution is -2.23. The summed E-state index contributed by atoms with van der Waals surface area (Å²) in [6.07, 6.45) is 2.53. The van der Waals surface area contributed by atoms with E-state index in [1.807, 2.05) is 0 Å². The highest BCUT2D eigenvalue weighted by Gasteiger charge is 2.22. The van der Waals surface area contributed by atoms with E-state index < -0.39 is 0 Å². The highest BCUT2D eigenvalue weighted by Crippen LogP contribution is 2.26. The SMILES string of the molecule is Cc1ccccc1CSc1nnc(CN(C)Cc2cccs2)n1C[C@@H]1CCCO1. The van der Waals surface area contributed by atoms with E-state index in [4.69, 9.17) is 4.74 Å². The minimum atomic E-state index is 0.269. The smallest absolute Gasteiger partial charge is 0.191 e. The molecule has 4 rings (SSSR count). The van der Waals surface area contributed by atoms with Crippen LogP contribution in [0.3, 0.4) is 0 Å². The van der Waals surface area contributed by atoms with Crippen molar-refractivity contribution in [2.75, 3.05) is 13.7 Å². The van der Waals surface area contributed by atoms with Crippen molar-refractivity contribution in [3.8, 4) is 0 Å². The molecule has 0 amide bonds. The molecule has 7 heteroatoms. The molecule has 29 heavy (non-hydrogen) atoms. The molecule has 1 aliphatic rings. The highest BCUT2D eigenvalue weighted by molar-refractivity contribution is 7.98. The van der Waals surface area contributed by atoms with Gasteiger partial charge >= 0.3 is 0 Å². The van der Waals surface area contributed by atoms with Gasteiger partial charge in [0.2, 0.25) is 0 Å². The van der Waals surface area contributed by atoms with Crippen LogP contribution >= 0.6 is 23.1 Å². The van der Waals surface area contributed by atoms with Gasteiger partial charge < -0.3 is 9.30 Å². The quantitative estimate of drug-likeness (QED) is 0.460. The van der Waals surface area contributed by atoms with Crippen molar-refractivity contribution < 1.29 is 4.74 Å². The molecule has 0 spiro atoms. The Morgan fingerprint density at radius 1 is 1.21 bits per heavy atom. The Balaban J connectivity index is 1.48. The number of rotatable bonds is 9. The molecule has 1 fully saturated rings. The van der Waals surface area contributed by atoms with Gasteiger partial charge in [0, 0.05) is 23.8 Å². The van der Waals surface area contributed by atoms with Crippen LogP contribution in [-0.2, 0) is 30.1 Å². The summed E-state index contributed by atoms with van der Waals surface area (Å²) in [5, 5.41) is 12.2. The first-order valence-corrected chi connectivity index (χ1v) is 12.0. The molecule has 0 aliphatic carbocycles. The summed E-state index contributed by atoms with van der Waals surface area (Å²) >= 11 is 3.56. The van der Waals surface area contributed by atoms with E-state index in [9.17, 15) is 0 Å². The average Bonchev–Trinajstić information content (AvgIpc) is 3.46. The van der Waals surface area contributed by atoms with Gasteiger partial charge in [-0.1, -0.05) is 42.1 Å². The van der Waals surface area contributed by atoms with Crippen molar-refractivity contribution >= 4 is 23.1 Å². The summed E-state index contributed by atoms with van der Waals surface area (Å²) in [6, 6.07) is 12.8. The molecular formula is C22H28N4OS2. The van der Waals surface area contributed by atoms with Gasteiger partial charge in [-0.15, -0.1) is 21.5 Å². The zero-order valence-corrected chi connectivity index (χ0v) is 18.7. The van der Waals surface area contributed by atoms with Crippen molar-refractivity contribution in [3.63, 3.8) is 0 Å². The number of hydrogen-bond donors (Lipinski definition) is 0. The van der Waals surface area contributed by atoms with E-state index in [0.717, 1.165) is 55.8 Å². The Bertz CT molecular complexity index is 903. The Morgan fingerprint density at radius 2 is 2.10 bits per heavy atom. The third-order valence-electron chi connectivity index (χ3n) is 5.24. The van der Waals surface area contributed by atoms with E-state index in [0.29, 0.717) is 0 Å². The van der Waals surface area contributed by atoms with Gasteiger partial charge in [-0.05, 0) is 49.4 Å². The summed E-state index contributed by atoms with van der Waals surface area (Å²) in [6.45, 7) is 5.58. The lowest BCUT2D eigenvalue weighted by Gasteiger charge is -2.18. The topological polar surface area (TPSA) is 43.2 Å². The second-order valence-corrected chi connectivity index (χ2v) is 9.59. The van der Waals surface area contributed by atoms with Crippen LogP contribution in [0.25, 0.3) is 0 Å². The number of thioether (sulfide) groups is 1. The summed E-state index contributed by atoms with van der Waals surface area (Å²) in [5.41, 5.74) is 2.67. The molecule has 0 radical (unpaired) electrons. The average molecular weight is 429 g/mol. The number of benzene rings is 1. The first-order valence-electron chi connectivity index (χ1n) is 10.1. The Morgan fingerprint density at radius 3 is 2.86 bits per heavy atom. The molecule has 3 heterocycles. The maximum absolute atomic E-state index is 5.91. The Hall–Kier alpha value is -1.67. The van der Waals surface area contributed by atoms with Crippen molar-refractivity contribution in [3.05, 3.63) is 63.6 Å². The minimum Gasteiger partial charge on any atom is -0.376 e. The van der Waals surface area contributed by atoms with Gasteiger partial charge in [0.1, 0.15) is 5.82 Å². The largest absolute Gasteiger partial charge is 0.376 e. The highest BCUT2D eigenvalue weighted by atomic mass is 32.2. The van der Waals surface area contributed by atoms with Gasteiger partial charge in [0.25, 0.3) is 0 Å². The summed E-state index contributed by atoms with van der Waals surface area (Å²) in [4.78, 5) is 3.67. The van der Waals surface area contributed by atoms with E-state index >= 15 is 0 Å². The monoisotopic (exact) mass is 428 g/mol. The maximum Gasteiger partial charge on any atom is 0.191 e. The van der Waals surface area contributed by atoms with Crippen LogP contribution in [0.15, 0.2) is 46.9 Å². The molecule has 1 atom stereocenters. The first-order chi connectivity index (χ1) is 14.2. The molecule has 1 saturated heterocycles. The predicted octanol–water partition coefficient (Wildman–Crippen LogP) is 4.75. The van der Waals surface area contributed by atoms with Gasteiger partial charge in [0.15, 0.2) is 5.16 Å². The fourth-order valence-corrected chi connectivity index (χ4v) is 5.43. The summed E-state index contributed by atoms with van der Waals surface area (Å²) in [7, 11) is 2.14. The van der Waals surface area contributed by atoms with Gasteiger partial charge in [-0.2, -0.15) is 0 Å². The first kappa shape index (κ1) is 20.6. The van der Waals surface area contributed by atoms with Crippen LogP contribution < -0.4 is 0 Å². The van der Waals surface area contributed by atoms with Crippen molar-refractivity contribution in [2.24, 2.45) is 0 Å². The molecule has 0 bridgehead atoms. The van der Waals surface area contributed by atoms with Gasteiger partial charge in [-0.3, -0.25) is 4.90 Å². The van der Waals surface area contributed by atoms with Crippen LogP contribution in [0, 0.1) is 6.92 Å². The molecule has 3 aromatic rings. The standard InChI is InChI=1S/C22H28N4OS2/c1-17-7-3-4-8-18(17)16-29-22-24-23-21(26(22)13-19-9-5-11-27-19)15-25(2)14-20-10-6-12-28-20/h3-4,6-8,10,12,19H,5,9,11,13-16H2,1-2H3/t19-/m0/s1. The van der Waals surface area contributed by atoms with E-state index in [-0.39, 0.29) is 6.10 Å². The lowest BCUT2D eigenvalue weighted by atomic mass is 10.1. The molecule has 154 valence electrons. The van der Waals surface area contributed by atoms with E-state index in [1.165, 1.54) is 16.0 Å². The van der Waals surface area contributed by atoms with Crippen LogP contribution in [0.5, 0.6) is 0 Å². The van der Waals surface area contributed by atoms with E-state index in [1.54, 1.807) is 23.1 Å². The van der Waals surface area contributed by atoms with Crippen molar-refractivity contribution in [1.82, 2.24) is 19.7 Å². The normalized spacial score (nSPS) is 16.7. The predicted molar refractivity (Wildman–Crippen MR) is 119 cm³/mol. The second kappa shape index (κ2) is 9.89. The summed E-state index contributed by atoms with van der Waals surface area (Å²) in [5.74, 6) is 1.92. The zero-order chi connectivity index (χ0) is 20.1. The molecule has 1 aliphatic heterocycles. The van der Waals surface area contributed by atoms with Gasteiger partial charge in [-0.25, -0.2) is 0 Å². The number of ether oxygens (including phenoxy) is 1. The molecule has 2 aromatic heterocycles. The van der Waals surface area contributed by atoms with Crippen LogP contribution in [0.2, 0.25) is 0 Å². The van der Waals surface area contributed by atoms with Crippen molar-refractivity contribution in [2.45, 2.75) is 56.4 Å². The van der Waals surface area contributed by atoms with Gasteiger partial charge in [0.05, 0.1) is 19.2 Å². The van der Waals surface area contributed by atoms with E-state index in [2.05, 4.69) is 75.4 Å². The fourth-order valence-electron chi connectivity index (χ4n) is 3.60. The number of thiophene rings is 1. The Labute approximate surface area is 181 Å². The summed E-state index contributed by atoms with van der Waals surface area (Å²) < 4.78 is 8.19. The number of hydrogen-bond acceptors (Lipinski definition) is 6. The number of aromatic nitrogens is 3. The maximum atomic E-state index is 5.91. The third kappa shape index (κ3) is 5.48. The molecule has 0 unspecified atom stereocenters. The minimum absolute atomic E-state index is 0.269. The molecule has 0 N–H and O–H groups in total. The lowest BCUT2D eigenvalue weighted by molar-refractivity contribution is 0.0934. The third-order valence-corrected chi connectivity index (χ3v) is 7.12. The van der Waals surface area contributed by atoms with Crippen molar-refractivity contribution in [1.29, 1.82) is 0 Å². The molecule has 0 saturated carbocycles. The molecular weight excluding hydrogens is 400 g/mol. The number of aryl methyl sites for hydroxylation is 1. The zero-order valence-electron chi connectivity index (χ0n) is 17.1. The number of nitrogens with zero attached hydrogens (tertiary/aromatic N) is 4. The van der Waals surface area contributed by atoms with Crippen LogP contribution in [0.4, 0.5) is 0 Å².